The number of rotatable bonds is 42. The summed E-state index contributed by atoms with van der Waals surface area (Å²) in [5, 5.41) is 0. The normalized spacial score (nSPS) is 13.7. The van der Waals surface area contributed by atoms with Crippen molar-refractivity contribution in [1.29, 1.82) is 0 Å². The van der Waals surface area contributed by atoms with Gasteiger partial charge in [0.2, 0.25) is 12.6 Å². The van der Waals surface area contributed by atoms with E-state index in [-0.39, 0.29) is 0 Å². The van der Waals surface area contributed by atoms with Crippen LogP contribution in [0.5, 0.6) is 0 Å². The molecule has 0 amide bonds. The Hall–Kier alpha value is -1.44. The highest BCUT2D eigenvalue weighted by atomic mass is 16.8. The highest BCUT2D eigenvalue weighted by Gasteiger charge is 2.32. The molecule has 316 valence electrons. The van der Waals surface area contributed by atoms with Gasteiger partial charge < -0.3 is 33.2 Å². The summed E-state index contributed by atoms with van der Waals surface area (Å²) < 4.78 is 45.7. The molecule has 0 aliphatic carbocycles. The number of allylic oxidation sites excluding steroid dienone is 2. The van der Waals surface area contributed by atoms with E-state index in [0.717, 1.165) is 62.9 Å². The third kappa shape index (κ3) is 28.6. The average molecular weight is 755 g/mol. The van der Waals surface area contributed by atoms with Crippen LogP contribution in [0.1, 0.15) is 222 Å². The highest BCUT2D eigenvalue weighted by molar-refractivity contribution is 5.09. The maximum atomic E-state index is 6.94. The van der Waals surface area contributed by atoms with Gasteiger partial charge >= 0.3 is 0 Å². The topological polar surface area (TPSA) is 64.6 Å². The lowest BCUT2D eigenvalue weighted by atomic mass is 10.1. The van der Waals surface area contributed by atoms with Crippen LogP contribution in [0.3, 0.4) is 0 Å². The van der Waals surface area contributed by atoms with Crippen LogP contribution in [0, 0.1) is 0 Å². The summed E-state index contributed by atoms with van der Waals surface area (Å²) in [5.74, 6) is 2.91. The number of hydrogen-bond donors (Lipinski definition) is 0. The standard InChI is InChI=1S/C46H90O7/c1-9-17-21-25-27-29-31-33-37-41(47-13-5)43(49-15-7)45(51-39-35-23-19-11-3)53-46(52-40-36-24-20-12-4)44(50-16-8)42(48-14-6)38-34-32-30-28-26-22-18-10-2/h45-46H,9-40H2,1-8H3. The van der Waals surface area contributed by atoms with Gasteiger partial charge in [-0.05, 0) is 53.4 Å². The molecule has 0 bridgehead atoms. The second kappa shape index (κ2) is 40.2. The van der Waals surface area contributed by atoms with Crippen molar-refractivity contribution in [2.75, 3.05) is 39.6 Å². The summed E-state index contributed by atoms with van der Waals surface area (Å²) in [6.45, 7) is 20.3. The van der Waals surface area contributed by atoms with Crippen molar-refractivity contribution in [2.45, 2.75) is 235 Å². The van der Waals surface area contributed by atoms with Gasteiger partial charge in [0, 0.05) is 12.8 Å². The molecule has 0 spiro atoms. The van der Waals surface area contributed by atoms with Crippen LogP contribution in [0.15, 0.2) is 23.0 Å². The molecular weight excluding hydrogens is 664 g/mol. The van der Waals surface area contributed by atoms with E-state index in [1.54, 1.807) is 0 Å². The van der Waals surface area contributed by atoms with Gasteiger partial charge in [-0.15, -0.1) is 0 Å². The molecule has 53 heavy (non-hydrogen) atoms. The zero-order chi connectivity index (χ0) is 39.0. The zero-order valence-electron chi connectivity index (χ0n) is 36.6. The molecule has 2 unspecified atom stereocenters. The molecule has 0 heterocycles. The summed E-state index contributed by atoms with van der Waals surface area (Å²) >= 11 is 0. The second-order valence-electron chi connectivity index (χ2n) is 14.4. The molecule has 0 rings (SSSR count). The van der Waals surface area contributed by atoms with E-state index in [1.807, 2.05) is 27.7 Å². The minimum Gasteiger partial charge on any atom is -0.495 e. The van der Waals surface area contributed by atoms with Crippen molar-refractivity contribution in [3.05, 3.63) is 23.0 Å². The third-order valence-electron chi connectivity index (χ3n) is 9.51. The number of ether oxygens (including phenoxy) is 7. The fourth-order valence-electron chi connectivity index (χ4n) is 6.50. The molecule has 0 saturated heterocycles. The summed E-state index contributed by atoms with van der Waals surface area (Å²) in [7, 11) is 0. The molecule has 0 aromatic carbocycles. The summed E-state index contributed by atoms with van der Waals surface area (Å²) in [6.07, 6.45) is 28.9. The molecular formula is C46H90O7. The Kier molecular flexibility index (Phi) is 39.1. The van der Waals surface area contributed by atoms with Crippen LogP contribution in [0.25, 0.3) is 0 Å². The molecule has 0 aliphatic heterocycles. The van der Waals surface area contributed by atoms with Crippen LogP contribution in [0.2, 0.25) is 0 Å². The zero-order valence-corrected chi connectivity index (χ0v) is 36.6. The van der Waals surface area contributed by atoms with Crippen LogP contribution in [-0.4, -0.2) is 52.2 Å². The predicted molar refractivity (Wildman–Crippen MR) is 224 cm³/mol. The Morgan fingerprint density at radius 2 is 0.604 bits per heavy atom. The van der Waals surface area contributed by atoms with E-state index in [9.17, 15) is 0 Å². The van der Waals surface area contributed by atoms with Crippen molar-refractivity contribution in [3.63, 3.8) is 0 Å². The van der Waals surface area contributed by atoms with Gasteiger partial charge in [-0.2, -0.15) is 0 Å². The molecule has 0 radical (unpaired) electrons. The Bertz CT molecular complexity index is 761. The van der Waals surface area contributed by atoms with Gasteiger partial charge in [-0.3, -0.25) is 0 Å². The first kappa shape index (κ1) is 51.6. The van der Waals surface area contributed by atoms with E-state index in [1.165, 1.54) is 116 Å². The first-order valence-electron chi connectivity index (χ1n) is 22.9. The molecule has 0 fully saturated rings. The second-order valence-corrected chi connectivity index (χ2v) is 14.4. The molecule has 0 aromatic heterocycles. The molecule has 7 nitrogen and oxygen atoms in total. The van der Waals surface area contributed by atoms with E-state index in [4.69, 9.17) is 33.2 Å². The van der Waals surface area contributed by atoms with Crippen molar-refractivity contribution in [2.24, 2.45) is 0 Å². The van der Waals surface area contributed by atoms with Crippen LogP contribution >= 0.6 is 0 Å². The molecule has 0 aliphatic rings. The first-order chi connectivity index (χ1) is 26.1. The number of unbranched alkanes of at least 4 members (excludes halogenated alkanes) is 20. The molecule has 0 N–H and O–H groups in total. The van der Waals surface area contributed by atoms with Crippen molar-refractivity contribution >= 4 is 0 Å². The minimum atomic E-state index is -0.797. The van der Waals surface area contributed by atoms with Crippen molar-refractivity contribution in [1.82, 2.24) is 0 Å². The smallest absolute Gasteiger partial charge is 0.223 e. The van der Waals surface area contributed by atoms with Crippen LogP contribution < -0.4 is 0 Å². The van der Waals surface area contributed by atoms with Gasteiger partial charge in [0.05, 0.1) is 39.6 Å². The molecule has 0 aromatic rings. The minimum absolute atomic E-state index is 0.488. The predicted octanol–water partition coefficient (Wildman–Crippen LogP) is 14.5. The van der Waals surface area contributed by atoms with Gasteiger partial charge in [-0.1, -0.05) is 156 Å². The van der Waals surface area contributed by atoms with Crippen LogP contribution in [0.4, 0.5) is 0 Å². The van der Waals surface area contributed by atoms with E-state index < -0.39 is 12.6 Å². The summed E-state index contributed by atoms with van der Waals surface area (Å²) in [5.41, 5.74) is 0. The maximum absolute atomic E-state index is 6.94. The fraction of sp³-hybridized carbons (Fsp3) is 0.913. The monoisotopic (exact) mass is 755 g/mol. The van der Waals surface area contributed by atoms with Crippen LogP contribution in [-0.2, 0) is 33.2 Å². The first-order valence-corrected chi connectivity index (χ1v) is 22.9. The molecule has 2 atom stereocenters. The lowest BCUT2D eigenvalue weighted by molar-refractivity contribution is -0.242. The van der Waals surface area contributed by atoms with E-state index >= 15 is 0 Å². The largest absolute Gasteiger partial charge is 0.495 e. The van der Waals surface area contributed by atoms with E-state index in [0.29, 0.717) is 51.2 Å². The lowest BCUT2D eigenvalue weighted by Crippen LogP contribution is -2.34. The fourth-order valence-corrected chi connectivity index (χ4v) is 6.50. The van der Waals surface area contributed by atoms with Gasteiger partial charge in [0.1, 0.15) is 11.5 Å². The van der Waals surface area contributed by atoms with Gasteiger partial charge in [-0.25, -0.2) is 0 Å². The quantitative estimate of drug-likeness (QED) is 0.0349. The summed E-state index contributed by atoms with van der Waals surface area (Å²) in [6, 6.07) is 0. The Morgan fingerprint density at radius 3 is 0.906 bits per heavy atom. The maximum Gasteiger partial charge on any atom is 0.223 e. The number of hydrogen-bond acceptors (Lipinski definition) is 7. The molecule has 0 saturated carbocycles. The Morgan fingerprint density at radius 1 is 0.321 bits per heavy atom. The van der Waals surface area contributed by atoms with Crippen molar-refractivity contribution in [3.8, 4) is 0 Å². The highest BCUT2D eigenvalue weighted by Crippen LogP contribution is 2.29. The Labute approximate surface area is 330 Å². The van der Waals surface area contributed by atoms with Crippen molar-refractivity contribution < 1.29 is 33.2 Å². The Balaban J connectivity index is 6.51. The lowest BCUT2D eigenvalue weighted by Gasteiger charge is -2.30. The third-order valence-corrected chi connectivity index (χ3v) is 9.51. The van der Waals surface area contributed by atoms with Gasteiger partial charge in [0.25, 0.3) is 0 Å². The summed E-state index contributed by atoms with van der Waals surface area (Å²) in [4.78, 5) is 0. The average Bonchev–Trinajstić information content (AvgIpc) is 3.16. The SMILES string of the molecule is CCCCCCCCCCC(OCC)=C(OCC)C(OCCCCCC)OC(OCCCCCC)C(OCC)=C(CCCCCCCCCC)OCC. The van der Waals surface area contributed by atoms with E-state index in [2.05, 4.69) is 27.7 Å². The van der Waals surface area contributed by atoms with Gasteiger partial charge in [0.15, 0.2) is 11.5 Å². The molecule has 7 heteroatoms.